The van der Waals surface area contributed by atoms with Crippen LogP contribution in [0.25, 0.3) is 22.8 Å². The molecule has 0 fully saturated rings. The summed E-state index contributed by atoms with van der Waals surface area (Å²) in [5.41, 5.74) is -3.67. The zero-order valence-corrected chi connectivity index (χ0v) is 19.0. The maximum atomic E-state index is 14.9. The number of amides is 1. The Bertz CT molecular complexity index is 1500. The number of ether oxygens (including phenoxy) is 1. The van der Waals surface area contributed by atoms with Crippen molar-refractivity contribution in [1.29, 1.82) is 0 Å². The maximum absolute atomic E-state index is 14.9. The van der Waals surface area contributed by atoms with Crippen molar-refractivity contribution in [2.45, 2.75) is 13.1 Å². The summed E-state index contributed by atoms with van der Waals surface area (Å²) in [6, 6.07) is 7.57. The normalized spacial score (nSPS) is 11.5. The minimum atomic E-state index is -4.66. The molecule has 0 aliphatic rings. The van der Waals surface area contributed by atoms with Crippen molar-refractivity contribution in [1.82, 2.24) is 14.7 Å². The predicted octanol–water partition coefficient (Wildman–Crippen LogP) is 5.85. The molecular weight excluding hydrogens is 506 g/mol. The second kappa shape index (κ2) is 9.48. The molecule has 37 heavy (non-hydrogen) atoms. The number of nitrogens with one attached hydrogen (secondary N) is 1. The quantitative estimate of drug-likeness (QED) is 0.253. The molecule has 1 amide bonds. The lowest BCUT2D eigenvalue weighted by atomic mass is 10.1. The fraction of sp³-hybridized carbons (Fsp3) is 0.125. The molecule has 0 aliphatic heterocycles. The Morgan fingerprint density at radius 1 is 0.973 bits per heavy atom. The molecule has 0 bridgehead atoms. The molecule has 2 aromatic heterocycles. The summed E-state index contributed by atoms with van der Waals surface area (Å²) < 4.78 is 87.9. The third kappa shape index (κ3) is 4.79. The van der Waals surface area contributed by atoms with Crippen LogP contribution in [0, 0.1) is 24.4 Å². The van der Waals surface area contributed by atoms with Gasteiger partial charge in [0.15, 0.2) is 17.3 Å². The number of imidazole rings is 1. The van der Waals surface area contributed by atoms with Gasteiger partial charge in [-0.05, 0) is 37.3 Å². The molecule has 2 heterocycles. The molecule has 0 spiro atoms. The zero-order chi connectivity index (χ0) is 27.1. The van der Waals surface area contributed by atoms with E-state index in [1.807, 2.05) is 0 Å². The van der Waals surface area contributed by atoms with Crippen molar-refractivity contribution in [2.75, 3.05) is 12.4 Å². The third-order valence-corrected chi connectivity index (χ3v) is 5.26. The molecule has 0 unspecified atom stereocenters. The topological polar surface area (TPSA) is 89.3 Å². The van der Waals surface area contributed by atoms with E-state index < -0.39 is 63.6 Å². The lowest BCUT2D eigenvalue weighted by Crippen LogP contribution is -2.18. The van der Waals surface area contributed by atoms with E-state index in [1.54, 1.807) is 0 Å². The number of benzene rings is 2. The van der Waals surface area contributed by atoms with Gasteiger partial charge in [0.1, 0.15) is 28.8 Å². The van der Waals surface area contributed by atoms with E-state index in [1.165, 1.54) is 13.0 Å². The highest BCUT2D eigenvalue weighted by atomic mass is 19.4. The van der Waals surface area contributed by atoms with Crippen LogP contribution < -0.4 is 10.1 Å². The number of rotatable bonds is 5. The van der Waals surface area contributed by atoms with Gasteiger partial charge in [0.05, 0.1) is 23.9 Å². The van der Waals surface area contributed by atoms with Crippen molar-refractivity contribution in [3.8, 4) is 28.5 Å². The largest absolute Gasteiger partial charge is 0.494 e. The summed E-state index contributed by atoms with van der Waals surface area (Å²) in [5.74, 6) is -5.14. The fourth-order valence-electron chi connectivity index (χ4n) is 3.58. The number of aromatic nitrogens is 3. The van der Waals surface area contributed by atoms with Crippen LogP contribution in [0.15, 0.2) is 48.5 Å². The summed E-state index contributed by atoms with van der Waals surface area (Å²) >= 11 is 0. The second-order valence-corrected chi connectivity index (χ2v) is 7.68. The first-order chi connectivity index (χ1) is 17.4. The molecule has 4 rings (SSSR count). The standard InChI is InChI=1S/C24H16F6N4O3/c1-11-21(23(35)32-13-6-3-5-12(9-13)24(28,29)30)34(36)22(31-11)19-16(27)10-17(37-2)20(33-19)18-14(25)7-4-8-15(18)26/h3-10,36H,1-2H3,(H,32,35). The zero-order valence-electron chi connectivity index (χ0n) is 19.0. The van der Waals surface area contributed by atoms with Gasteiger partial charge in [-0.3, -0.25) is 4.79 Å². The number of carbonyl (C=O) groups excluding carboxylic acids is 1. The Labute approximate surface area is 204 Å². The van der Waals surface area contributed by atoms with Crippen molar-refractivity contribution < 1.29 is 41.1 Å². The van der Waals surface area contributed by atoms with E-state index in [-0.39, 0.29) is 21.9 Å². The van der Waals surface area contributed by atoms with Gasteiger partial charge in [0, 0.05) is 11.8 Å². The highest BCUT2D eigenvalue weighted by Crippen LogP contribution is 2.36. The first kappa shape index (κ1) is 25.5. The van der Waals surface area contributed by atoms with Gasteiger partial charge in [-0.25, -0.2) is 23.1 Å². The van der Waals surface area contributed by atoms with Crippen molar-refractivity contribution in [3.63, 3.8) is 0 Å². The van der Waals surface area contributed by atoms with Gasteiger partial charge in [-0.15, -0.1) is 0 Å². The molecule has 13 heteroatoms. The highest BCUT2D eigenvalue weighted by Gasteiger charge is 2.31. The molecule has 0 atom stereocenters. The number of halogens is 6. The number of hydrogen-bond acceptors (Lipinski definition) is 5. The molecule has 0 aliphatic carbocycles. The van der Waals surface area contributed by atoms with E-state index in [4.69, 9.17) is 4.74 Å². The third-order valence-electron chi connectivity index (χ3n) is 5.26. The van der Waals surface area contributed by atoms with E-state index >= 15 is 0 Å². The molecule has 0 saturated heterocycles. The predicted molar refractivity (Wildman–Crippen MR) is 119 cm³/mol. The number of aryl methyl sites for hydroxylation is 1. The molecule has 7 nitrogen and oxygen atoms in total. The van der Waals surface area contributed by atoms with Gasteiger partial charge in [0.2, 0.25) is 0 Å². The van der Waals surface area contributed by atoms with Crippen molar-refractivity contribution in [3.05, 3.63) is 82.9 Å². The van der Waals surface area contributed by atoms with Crippen LogP contribution in [0.1, 0.15) is 21.7 Å². The highest BCUT2D eigenvalue weighted by molar-refractivity contribution is 6.04. The second-order valence-electron chi connectivity index (χ2n) is 7.68. The number of hydrogen-bond donors (Lipinski definition) is 2. The molecule has 2 N–H and O–H groups in total. The van der Waals surface area contributed by atoms with E-state index in [2.05, 4.69) is 15.3 Å². The Morgan fingerprint density at radius 3 is 2.24 bits per heavy atom. The number of anilines is 1. The summed E-state index contributed by atoms with van der Waals surface area (Å²) in [6.07, 6.45) is -4.66. The maximum Gasteiger partial charge on any atom is 0.416 e. The van der Waals surface area contributed by atoms with E-state index in [9.17, 15) is 36.3 Å². The first-order valence-electron chi connectivity index (χ1n) is 10.4. The van der Waals surface area contributed by atoms with Crippen LogP contribution in [0.4, 0.5) is 32.0 Å². The monoisotopic (exact) mass is 522 g/mol. The van der Waals surface area contributed by atoms with E-state index in [0.29, 0.717) is 6.07 Å². The molecule has 192 valence electrons. The number of methoxy groups -OCH3 is 1. The van der Waals surface area contributed by atoms with Crippen LogP contribution in [-0.2, 0) is 6.18 Å². The molecule has 0 saturated carbocycles. The number of pyridine rings is 1. The summed E-state index contributed by atoms with van der Waals surface area (Å²) in [6.45, 7) is 1.27. The van der Waals surface area contributed by atoms with Gasteiger partial charge < -0.3 is 15.3 Å². The molecule has 2 aromatic carbocycles. The lowest BCUT2D eigenvalue weighted by Gasteiger charge is -2.13. The number of carbonyl (C=O) groups is 1. The average Bonchev–Trinajstić information content (AvgIpc) is 3.12. The summed E-state index contributed by atoms with van der Waals surface area (Å²) in [7, 11) is 1.13. The van der Waals surface area contributed by atoms with Gasteiger partial charge in [-0.2, -0.15) is 17.9 Å². The van der Waals surface area contributed by atoms with Gasteiger partial charge in [0.25, 0.3) is 5.91 Å². The SMILES string of the molecule is COc1cc(F)c(-c2nc(C)c(C(=O)Nc3cccc(C(F)(F)F)c3)n2O)nc1-c1c(F)cccc1F. The smallest absolute Gasteiger partial charge is 0.416 e. The van der Waals surface area contributed by atoms with E-state index in [0.717, 1.165) is 43.5 Å². The Balaban J connectivity index is 1.78. The van der Waals surface area contributed by atoms with Crippen LogP contribution in [0.5, 0.6) is 5.75 Å². The minimum Gasteiger partial charge on any atom is -0.494 e. The first-order valence-corrected chi connectivity index (χ1v) is 10.4. The van der Waals surface area contributed by atoms with Crippen molar-refractivity contribution >= 4 is 11.6 Å². The number of nitrogens with zero attached hydrogens (tertiary/aromatic N) is 3. The number of alkyl halides is 3. The molecular formula is C24H16F6N4O3. The fourth-order valence-corrected chi connectivity index (χ4v) is 3.58. The van der Waals surface area contributed by atoms with Gasteiger partial charge >= 0.3 is 6.18 Å². The summed E-state index contributed by atoms with van der Waals surface area (Å²) in [4.78, 5) is 20.6. The molecule has 0 radical (unpaired) electrons. The van der Waals surface area contributed by atoms with Crippen LogP contribution in [0.3, 0.4) is 0 Å². The lowest BCUT2D eigenvalue weighted by molar-refractivity contribution is -0.137. The summed E-state index contributed by atoms with van der Waals surface area (Å²) in [5, 5.41) is 12.9. The Kier molecular flexibility index (Phi) is 6.55. The minimum absolute atomic E-state index is 0.141. The Hall–Kier alpha value is -4.55. The Morgan fingerprint density at radius 2 is 1.62 bits per heavy atom. The van der Waals surface area contributed by atoms with Crippen molar-refractivity contribution in [2.24, 2.45) is 0 Å². The average molecular weight is 522 g/mol. The molecule has 4 aromatic rings. The van der Waals surface area contributed by atoms with Crippen LogP contribution in [0.2, 0.25) is 0 Å². The van der Waals surface area contributed by atoms with Gasteiger partial charge in [-0.1, -0.05) is 12.1 Å². The van der Waals surface area contributed by atoms with Crippen LogP contribution >= 0.6 is 0 Å². The van der Waals surface area contributed by atoms with Crippen LogP contribution in [-0.4, -0.2) is 32.9 Å².